The molecule has 168 valence electrons. The molecule has 2 atom stereocenters. The summed E-state index contributed by atoms with van der Waals surface area (Å²) >= 11 is 6.05. The van der Waals surface area contributed by atoms with Crippen molar-refractivity contribution in [1.29, 1.82) is 0 Å². The van der Waals surface area contributed by atoms with Crippen LogP contribution in [0.5, 0.6) is 11.6 Å². The number of carbonyl (C=O) groups is 1. The number of benzene rings is 1. The normalized spacial score (nSPS) is 17.5. The predicted octanol–water partition coefficient (Wildman–Crippen LogP) is 5.31. The van der Waals surface area contributed by atoms with Gasteiger partial charge in [0.1, 0.15) is 23.7 Å². The number of halogens is 2. The molecule has 2 aromatic rings. The Bertz CT molecular complexity index is 898. The van der Waals surface area contributed by atoms with Crippen molar-refractivity contribution in [2.24, 2.45) is 5.92 Å². The van der Waals surface area contributed by atoms with Crippen LogP contribution in [0.25, 0.3) is 0 Å². The molecule has 0 bridgehead atoms. The predicted molar refractivity (Wildman–Crippen MR) is 120 cm³/mol. The van der Waals surface area contributed by atoms with Gasteiger partial charge in [-0.15, -0.1) is 0 Å². The molecule has 2 heterocycles. The van der Waals surface area contributed by atoms with Crippen LogP contribution in [0.15, 0.2) is 30.6 Å². The van der Waals surface area contributed by atoms with Crippen LogP contribution in [0.3, 0.4) is 0 Å². The quantitative estimate of drug-likeness (QED) is 0.547. The maximum absolute atomic E-state index is 13.3. The number of anilines is 1. The molecule has 1 aliphatic rings. The molecule has 3 rings (SSSR count). The lowest BCUT2D eigenvalue weighted by atomic mass is 9.96. The summed E-state index contributed by atoms with van der Waals surface area (Å²) in [5.41, 5.74) is 0. The third-order valence-electron chi connectivity index (χ3n) is 5.72. The fourth-order valence-electron chi connectivity index (χ4n) is 3.91. The van der Waals surface area contributed by atoms with Crippen LogP contribution in [-0.2, 0) is 4.79 Å². The summed E-state index contributed by atoms with van der Waals surface area (Å²) in [7, 11) is 0. The van der Waals surface area contributed by atoms with Gasteiger partial charge in [-0.2, -0.15) is 0 Å². The van der Waals surface area contributed by atoms with E-state index in [2.05, 4.69) is 35.6 Å². The largest absolute Gasteiger partial charge is 0.437 e. The van der Waals surface area contributed by atoms with E-state index in [1.54, 1.807) is 6.07 Å². The van der Waals surface area contributed by atoms with Crippen molar-refractivity contribution in [3.63, 3.8) is 0 Å². The van der Waals surface area contributed by atoms with Crippen LogP contribution in [0, 0.1) is 11.7 Å². The standard InChI is InChI=1S/C23H30ClFN4O2/c1-4-6-7-17(5-2)23(30)29-11-10-28(14-16(29)3)21-13-22(27-15-26-21)31-20-9-8-18(25)12-19(20)24/h8-9,12-13,15-17H,4-7,10-11,14H2,1-3H3/t16-,17-/m1/s1. The lowest BCUT2D eigenvalue weighted by Crippen LogP contribution is -2.55. The zero-order chi connectivity index (χ0) is 22.4. The SMILES string of the molecule is CCCC[C@@H](CC)C(=O)N1CCN(c2cc(Oc3ccc(F)cc3Cl)ncn2)C[C@H]1C. The summed E-state index contributed by atoms with van der Waals surface area (Å²) in [5, 5.41) is 0.175. The molecule has 0 radical (unpaired) electrons. The smallest absolute Gasteiger partial charge is 0.226 e. The Morgan fingerprint density at radius 1 is 1.29 bits per heavy atom. The number of ether oxygens (including phenoxy) is 1. The van der Waals surface area contributed by atoms with Gasteiger partial charge < -0.3 is 14.5 Å². The van der Waals surface area contributed by atoms with Crippen LogP contribution in [0.4, 0.5) is 10.2 Å². The van der Waals surface area contributed by atoms with Gasteiger partial charge in [-0.25, -0.2) is 14.4 Å². The Hall–Kier alpha value is -2.41. The Balaban J connectivity index is 1.66. The second kappa shape index (κ2) is 10.8. The molecule has 1 aromatic carbocycles. The van der Waals surface area contributed by atoms with Crippen molar-refractivity contribution in [2.45, 2.75) is 52.5 Å². The van der Waals surface area contributed by atoms with Crippen LogP contribution in [0.2, 0.25) is 5.02 Å². The molecule has 0 spiro atoms. The number of carbonyl (C=O) groups excluding carboxylic acids is 1. The van der Waals surface area contributed by atoms with Gasteiger partial charge in [-0.1, -0.05) is 38.3 Å². The molecule has 0 unspecified atom stereocenters. The van der Waals surface area contributed by atoms with Gasteiger partial charge >= 0.3 is 0 Å². The number of rotatable bonds is 8. The van der Waals surface area contributed by atoms with Crippen molar-refractivity contribution in [3.05, 3.63) is 41.4 Å². The van der Waals surface area contributed by atoms with Crippen molar-refractivity contribution >= 4 is 23.3 Å². The molecule has 1 aliphatic heterocycles. The molecule has 1 aromatic heterocycles. The van der Waals surface area contributed by atoms with E-state index < -0.39 is 5.82 Å². The lowest BCUT2D eigenvalue weighted by Gasteiger charge is -2.41. The number of aromatic nitrogens is 2. The minimum atomic E-state index is -0.429. The minimum Gasteiger partial charge on any atom is -0.437 e. The summed E-state index contributed by atoms with van der Waals surface area (Å²) in [4.78, 5) is 25.7. The second-order valence-corrected chi connectivity index (χ2v) is 8.37. The first-order valence-corrected chi connectivity index (χ1v) is 11.3. The summed E-state index contributed by atoms with van der Waals surface area (Å²) in [6, 6.07) is 5.77. The van der Waals surface area contributed by atoms with Gasteiger partial charge in [0.25, 0.3) is 0 Å². The second-order valence-electron chi connectivity index (χ2n) is 7.97. The van der Waals surface area contributed by atoms with Crippen LogP contribution in [-0.4, -0.2) is 46.5 Å². The topological polar surface area (TPSA) is 58.6 Å². The maximum Gasteiger partial charge on any atom is 0.226 e. The molecular formula is C23H30ClFN4O2. The van der Waals surface area contributed by atoms with Crippen molar-refractivity contribution < 1.29 is 13.9 Å². The van der Waals surface area contributed by atoms with E-state index in [1.807, 2.05) is 4.90 Å². The minimum absolute atomic E-state index is 0.0859. The molecule has 0 N–H and O–H groups in total. The summed E-state index contributed by atoms with van der Waals surface area (Å²) in [6.07, 6.45) is 5.46. The van der Waals surface area contributed by atoms with Gasteiger partial charge in [0.15, 0.2) is 0 Å². The zero-order valence-electron chi connectivity index (χ0n) is 18.4. The highest BCUT2D eigenvalue weighted by atomic mass is 35.5. The Morgan fingerprint density at radius 3 is 2.77 bits per heavy atom. The fraction of sp³-hybridized carbons (Fsp3) is 0.522. The molecule has 31 heavy (non-hydrogen) atoms. The zero-order valence-corrected chi connectivity index (χ0v) is 19.1. The van der Waals surface area contributed by atoms with Gasteiger partial charge in [0.2, 0.25) is 11.8 Å². The highest BCUT2D eigenvalue weighted by Crippen LogP contribution is 2.30. The Kier molecular flexibility index (Phi) is 8.07. The molecule has 8 heteroatoms. The molecule has 0 saturated carbocycles. The average Bonchev–Trinajstić information content (AvgIpc) is 2.76. The van der Waals surface area contributed by atoms with Gasteiger partial charge in [0, 0.05) is 37.7 Å². The first kappa shape index (κ1) is 23.3. The van der Waals surface area contributed by atoms with E-state index in [4.69, 9.17) is 16.3 Å². The number of piperazine rings is 1. The first-order valence-electron chi connectivity index (χ1n) is 10.9. The highest BCUT2D eigenvalue weighted by Gasteiger charge is 2.31. The monoisotopic (exact) mass is 448 g/mol. The van der Waals surface area contributed by atoms with Crippen molar-refractivity contribution in [2.75, 3.05) is 24.5 Å². The fourth-order valence-corrected chi connectivity index (χ4v) is 4.12. The van der Waals surface area contributed by atoms with Crippen LogP contribution < -0.4 is 9.64 Å². The van der Waals surface area contributed by atoms with E-state index in [9.17, 15) is 9.18 Å². The number of nitrogens with zero attached hydrogens (tertiary/aromatic N) is 4. The van der Waals surface area contributed by atoms with Crippen LogP contribution >= 0.6 is 11.6 Å². The van der Waals surface area contributed by atoms with E-state index in [-0.39, 0.29) is 22.9 Å². The lowest BCUT2D eigenvalue weighted by molar-refractivity contribution is -0.138. The molecule has 1 saturated heterocycles. The van der Waals surface area contributed by atoms with Gasteiger partial charge in [0.05, 0.1) is 5.02 Å². The maximum atomic E-state index is 13.3. The number of unbranched alkanes of at least 4 members (excludes halogenated alkanes) is 1. The Morgan fingerprint density at radius 2 is 2.10 bits per heavy atom. The summed E-state index contributed by atoms with van der Waals surface area (Å²) < 4.78 is 19.0. The van der Waals surface area contributed by atoms with E-state index >= 15 is 0 Å². The third-order valence-corrected chi connectivity index (χ3v) is 6.01. The highest BCUT2D eigenvalue weighted by molar-refractivity contribution is 6.32. The van der Waals surface area contributed by atoms with E-state index in [1.165, 1.54) is 24.5 Å². The van der Waals surface area contributed by atoms with Gasteiger partial charge in [-0.05, 0) is 38.0 Å². The summed E-state index contributed by atoms with van der Waals surface area (Å²) in [5.74, 6) is 1.32. The van der Waals surface area contributed by atoms with Crippen LogP contribution in [0.1, 0.15) is 46.5 Å². The van der Waals surface area contributed by atoms with Crippen molar-refractivity contribution in [3.8, 4) is 11.6 Å². The average molecular weight is 449 g/mol. The molecule has 6 nitrogen and oxygen atoms in total. The molecule has 1 amide bonds. The number of hydrogen-bond acceptors (Lipinski definition) is 5. The third kappa shape index (κ3) is 5.85. The molecular weight excluding hydrogens is 419 g/mol. The van der Waals surface area contributed by atoms with E-state index in [0.717, 1.165) is 31.5 Å². The van der Waals surface area contributed by atoms with Crippen molar-refractivity contribution in [1.82, 2.24) is 14.9 Å². The summed E-state index contributed by atoms with van der Waals surface area (Å²) in [6.45, 7) is 8.36. The number of amides is 1. The number of hydrogen-bond donors (Lipinski definition) is 0. The molecule has 1 fully saturated rings. The first-order chi connectivity index (χ1) is 14.9. The van der Waals surface area contributed by atoms with E-state index in [0.29, 0.717) is 31.3 Å². The molecule has 0 aliphatic carbocycles. The van der Waals surface area contributed by atoms with Gasteiger partial charge in [-0.3, -0.25) is 4.79 Å². The Labute approximate surface area is 188 Å².